The minimum absolute atomic E-state index is 0.00436. The van der Waals surface area contributed by atoms with Gasteiger partial charge in [-0.25, -0.2) is 47.9 Å². The number of ether oxygens (including phenoxy) is 4. The number of hydrogen-bond acceptors (Lipinski definition) is 18. The number of carboxylic acids is 4. The van der Waals surface area contributed by atoms with Gasteiger partial charge in [0.2, 0.25) is 11.8 Å². The zero-order chi connectivity index (χ0) is 61.3. The Bertz CT molecular complexity index is 3180. The molecule has 444 valence electrons. The highest BCUT2D eigenvalue weighted by Gasteiger charge is 2.23. The lowest BCUT2D eigenvalue weighted by Gasteiger charge is -2.17. The number of aromatic nitrogens is 4. The maximum atomic E-state index is 13.6. The molecule has 0 unspecified atom stereocenters. The molecular formula is C56H58Cl2F2N10O14. The molecule has 8 rings (SSSR count). The number of carboxylic acid groups (broad SMARTS) is 4. The maximum Gasteiger partial charge on any atom is 0.328 e. The van der Waals surface area contributed by atoms with Gasteiger partial charge >= 0.3 is 23.9 Å². The highest BCUT2D eigenvalue weighted by Crippen LogP contribution is 2.37. The van der Waals surface area contributed by atoms with E-state index in [0.29, 0.717) is 132 Å². The molecule has 2 aliphatic rings. The van der Waals surface area contributed by atoms with Crippen molar-refractivity contribution in [2.45, 2.75) is 25.0 Å². The number of amides is 2. The number of fused-ring (bicyclic) bond motifs is 2. The third-order valence-corrected chi connectivity index (χ3v) is 11.5. The number of rotatable bonds is 20. The first-order valence-electron chi connectivity index (χ1n) is 25.1. The molecule has 2 aromatic heterocycles. The van der Waals surface area contributed by atoms with E-state index in [-0.39, 0.29) is 34.1 Å². The van der Waals surface area contributed by atoms with Gasteiger partial charge in [-0.3, -0.25) is 9.59 Å². The molecule has 28 heteroatoms. The molecule has 24 nitrogen and oxygen atoms in total. The Balaban J connectivity index is 0.000000244. The zero-order valence-corrected chi connectivity index (χ0v) is 46.9. The molecule has 2 amide bonds. The summed E-state index contributed by atoms with van der Waals surface area (Å²) in [6, 6.07) is 15.6. The van der Waals surface area contributed by atoms with Gasteiger partial charge in [0.25, 0.3) is 0 Å². The number of halogens is 4. The molecule has 4 heterocycles. The summed E-state index contributed by atoms with van der Waals surface area (Å²) in [6.45, 7) is 3.49. The standard InChI is InChI=1S/2C24H25ClFN5O3.2C4H4O4/c2*1-31(2)8-3-4-23(32)30-21-11-17-20(12-22(21)34-16-7-9-33-13-16)27-14-28-24(17)29-15-5-6-19(26)18(25)10-15;2*5-3(6)1-2-4(7)8/h2*3-6,10-12,14,16H,7-9,13H2,1-2H3,(H,30,32)(H,27,28,29);2*1-2H,(H,5,6)(H,7,8)/b2*4-3+;2*2-1-/t2*16-;;/m00../s1. The van der Waals surface area contributed by atoms with Crippen molar-refractivity contribution < 1.29 is 76.9 Å². The third kappa shape index (κ3) is 22.6. The fourth-order valence-corrected chi connectivity index (χ4v) is 7.49. The Kier molecular flexibility index (Phi) is 25.8. The van der Waals surface area contributed by atoms with Crippen molar-refractivity contribution in [3.05, 3.63) is 144 Å². The summed E-state index contributed by atoms with van der Waals surface area (Å²) in [5, 5.41) is 44.6. The molecule has 0 bridgehead atoms. The van der Waals surface area contributed by atoms with Gasteiger partial charge in [0, 0.05) is 96.7 Å². The van der Waals surface area contributed by atoms with E-state index >= 15 is 0 Å². The van der Waals surface area contributed by atoms with Crippen molar-refractivity contribution in [2.24, 2.45) is 0 Å². The smallest absolute Gasteiger partial charge is 0.328 e. The van der Waals surface area contributed by atoms with Crippen LogP contribution in [0.5, 0.6) is 11.5 Å². The van der Waals surface area contributed by atoms with Crippen LogP contribution in [0.2, 0.25) is 10.0 Å². The highest BCUT2D eigenvalue weighted by atomic mass is 35.5. The molecule has 8 N–H and O–H groups in total. The van der Waals surface area contributed by atoms with E-state index in [1.54, 1.807) is 48.6 Å². The van der Waals surface area contributed by atoms with Crippen LogP contribution in [0.4, 0.5) is 43.2 Å². The topological polar surface area (TPSA) is 326 Å². The molecule has 0 aliphatic carbocycles. The van der Waals surface area contributed by atoms with Crippen LogP contribution >= 0.6 is 23.2 Å². The summed E-state index contributed by atoms with van der Waals surface area (Å²) in [7, 11) is 7.68. The van der Waals surface area contributed by atoms with E-state index in [4.69, 9.17) is 62.6 Å². The van der Waals surface area contributed by atoms with Crippen molar-refractivity contribution >= 4 is 115 Å². The predicted molar refractivity (Wildman–Crippen MR) is 310 cm³/mol. The molecule has 0 saturated carbocycles. The number of carbonyl (C=O) groups is 6. The fourth-order valence-electron chi connectivity index (χ4n) is 7.12. The van der Waals surface area contributed by atoms with Gasteiger partial charge in [0.05, 0.1) is 58.9 Å². The summed E-state index contributed by atoms with van der Waals surface area (Å²) in [6.07, 6.45) is 12.9. The lowest BCUT2D eigenvalue weighted by molar-refractivity contribution is -0.134. The van der Waals surface area contributed by atoms with Crippen LogP contribution in [-0.4, -0.2) is 166 Å². The number of benzene rings is 4. The molecule has 2 aliphatic heterocycles. The molecule has 2 atom stereocenters. The second kappa shape index (κ2) is 33.1. The molecule has 4 aromatic carbocycles. The van der Waals surface area contributed by atoms with Gasteiger partial charge in [-0.1, -0.05) is 35.4 Å². The lowest BCUT2D eigenvalue weighted by atomic mass is 10.1. The average molecular weight is 1200 g/mol. The van der Waals surface area contributed by atoms with Gasteiger partial charge in [0.1, 0.15) is 59.6 Å². The van der Waals surface area contributed by atoms with Crippen LogP contribution in [0.3, 0.4) is 0 Å². The first-order chi connectivity index (χ1) is 40.0. The van der Waals surface area contributed by atoms with Gasteiger partial charge < -0.3 is 70.4 Å². The van der Waals surface area contributed by atoms with Gasteiger partial charge in [-0.2, -0.15) is 0 Å². The van der Waals surface area contributed by atoms with Crippen LogP contribution in [-0.2, 0) is 38.2 Å². The monoisotopic (exact) mass is 1200 g/mol. The van der Waals surface area contributed by atoms with Gasteiger partial charge in [0.15, 0.2) is 0 Å². The van der Waals surface area contributed by atoms with Crippen LogP contribution in [0.25, 0.3) is 21.8 Å². The maximum absolute atomic E-state index is 13.6. The predicted octanol–water partition coefficient (Wildman–Crippen LogP) is 8.20. The minimum Gasteiger partial charge on any atom is -0.486 e. The zero-order valence-electron chi connectivity index (χ0n) is 45.4. The normalized spacial score (nSPS) is 14.6. The molecule has 2 saturated heterocycles. The molecule has 0 spiro atoms. The molecule has 2 fully saturated rings. The van der Waals surface area contributed by atoms with E-state index in [1.165, 1.54) is 49.1 Å². The van der Waals surface area contributed by atoms with E-state index in [1.807, 2.05) is 38.0 Å². The summed E-state index contributed by atoms with van der Waals surface area (Å²) >= 11 is 11.8. The third-order valence-electron chi connectivity index (χ3n) is 10.9. The SMILES string of the molecule is CN(C)C/C=C/C(=O)Nc1cc2c(Nc3ccc(F)c(Cl)c3)ncnc2cc1O[C@H]1CCOC1.CN(C)C/C=C/C(=O)Nc1cc2c(Nc3ccc(F)c(Cl)c3)ncnc2cc1O[C@H]1CCOC1.O=C(O)/C=C\C(=O)O.O=C(O)/C=C\C(=O)O. The van der Waals surface area contributed by atoms with Gasteiger partial charge in [-0.05, 0) is 76.7 Å². The average Bonchev–Trinajstić information content (AvgIpc) is 3.30. The van der Waals surface area contributed by atoms with Crippen molar-refractivity contribution in [3.8, 4) is 11.5 Å². The van der Waals surface area contributed by atoms with Crippen molar-refractivity contribution in [2.75, 3.05) is 89.0 Å². The first-order valence-corrected chi connectivity index (χ1v) is 25.8. The number of anilines is 6. The first kappa shape index (κ1) is 65.6. The van der Waals surface area contributed by atoms with Crippen molar-refractivity contribution in [1.82, 2.24) is 29.7 Å². The Morgan fingerprint density at radius 2 is 0.940 bits per heavy atom. The number of aliphatic carboxylic acids is 4. The summed E-state index contributed by atoms with van der Waals surface area (Å²) < 4.78 is 50.2. The minimum atomic E-state index is -1.26. The molecular weight excluding hydrogens is 1150 g/mol. The highest BCUT2D eigenvalue weighted by molar-refractivity contribution is 6.31. The Labute approximate surface area is 489 Å². The molecule has 0 radical (unpaired) electrons. The largest absolute Gasteiger partial charge is 0.486 e. The second-order valence-corrected chi connectivity index (χ2v) is 19.0. The quantitative estimate of drug-likeness (QED) is 0.0334. The molecule has 6 aromatic rings. The Morgan fingerprint density at radius 1 is 0.571 bits per heavy atom. The fraction of sp³-hybridized carbons (Fsp3) is 0.250. The van der Waals surface area contributed by atoms with E-state index in [0.717, 1.165) is 12.8 Å². The number of likely N-dealkylation sites (N-methyl/N-ethyl adjacent to an activating group) is 2. The van der Waals surface area contributed by atoms with E-state index < -0.39 is 35.5 Å². The molecule has 84 heavy (non-hydrogen) atoms. The van der Waals surface area contributed by atoms with Crippen LogP contribution in [0.1, 0.15) is 12.8 Å². The number of nitrogens with zero attached hydrogens (tertiary/aromatic N) is 6. The number of hydrogen-bond donors (Lipinski definition) is 8. The van der Waals surface area contributed by atoms with E-state index in [9.17, 15) is 37.5 Å². The lowest BCUT2D eigenvalue weighted by Crippen LogP contribution is -2.18. The number of nitrogens with one attached hydrogen (secondary N) is 4. The summed E-state index contributed by atoms with van der Waals surface area (Å²) in [5.41, 5.74) is 3.31. The Morgan fingerprint density at radius 3 is 1.25 bits per heavy atom. The van der Waals surface area contributed by atoms with Crippen LogP contribution < -0.4 is 30.7 Å². The summed E-state index contributed by atoms with van der Waals surface area (Å²) in [5.74, 6) is -4.69. The Hall–Kier alpha value is -9.18. The summed E-state index contributed by atoms with van der Waals surface area (Å²) in [4.78, 5) is 84.6. The van der Waals surface area contributed by atoms with Crippen LogP contribution in [0.15, 0.2) is 122 Å². The number of carbonyl (C=O) groups excluding carboxylic acids is 2. The van der Waals surface area contributed by atoms with Crippen molar-refractivity contribution in [3.63, 3.8) is 0 Å². The van der Waals surface area contributed by atoms with E-state index in [2.05, 4.69) is 41.2 Å². The van der Waals surface area contributed by atoms with Crippen LogP contribution in [0, 0.1) is 11.6 Å². The second-order valence-electron chi connectivity index (χ2n) is 18.2. The van der Waals surface area contributed by atoms with Gasteiger partial charge in [-0.15, -0.1) is 0 Å². The van der Waals surface area contributed by atoms with Crippen molar-refractivity contribution in [1.29, 1.82) is 0 Å².